The van der Waals surface area contributed by atoms with E-state index in [4.69, 9.17) is 4.74 Å². The minimum atomic E-state index is 0.554. The molecule has 1 saturated heterocycles. The minimum Gasteiger partial charge on any atom is -0.375 e. The molecule has 1 aliphatic heterocycles. The van der Waals surface area contributed by atoms with Gasteiger partial charge in [0.15, 0.2) is 0 Å². The first-order valence-electron chi connectivity index (χ1n) is 6.48. The van der Waals surface area contributed by atoms with Gasteiger partial charge in [-0.2, -0.15) is 0 Å². The molecule has 0 aromatic heterocycles. The van der Waals surface area contributed by atoms with Crippen LogP contribution in [0.15, 0.2) is 0 Å². The van der Waals surface area contributed by atoms with Crippen LogP contribution in [0.5, 0.6) is 0 Å². The van der Waals surface area contributed by atoms with Crippen LogP contribution in [-0.2, 0) is 4.74 Å². The molecular formula is C12H24N2O. The van der Waals surface area contributed by atoms with Crippen molar-refractivity contribution in [1.82, 2.24) is 10.2 Å². The molecule has 1 saturated carbocycles. The van der Waals surface area contributed by atoms with Gasteiger partial charge in [-0.05, 0) is 45.3 Å². The second-order valence-corrected chi connectivity index (χ2v) is 4.65. The van der Waals surface area contributed by atoms with Crippen molar-refractivity contribution >= 4 is 0 Å². The fourth-order valence-electron chi connectivity index (χ4n) is 2.87. The standard InChI is InChI=1S/C12H24N2O/c1-2-13-7-4-8-14-9-10-15-12-6-3-5-11(12)14/h11-13H,2-10H2,1H3. The molecule has 0 aromatic rings. The van der Waals surface area contributed by atoms with Crippen LogP contribution in [-0.4, -0.2) is 49.8 Å². The summed E-state index contributed by atoms with van der Waals surface area (Å²) < 4.78 is 5.80. The SMILES string of the molecule is CCNCCCN1CCOC2CCCC21. The number of nitrogens with zero attached hydrogens (tertiary/aromatic N) is 1. The predicted octanol–water partition coefficient (Wildman–Crippen LogP) is 1.24. The molecule has 2 atom stereocenters. The van der Waals surface area contributed by atoms with Gasteiger partial charge in [0, 0.05) is 12.6 Å². The van der Waals surface area contributed by atoms with Crippen LogP contribution in [0, 0.1) is 0 Å². The van der Waals surface area contributed by atoms with Crippen LogP contribution in [0.25, 0.3) is 0 Å². The van der Waals surface area contributed by atoms with E-state index in [9.17, 15) is 0 Å². The average Bonchev–Trinajstić information content (AvgIpc) is 2.73. The molecule has 88 valence electrons. The lowest BCUT2D eigenvalue weighted by Gasteiger charge is -2.37. The highest BCUT2D eigenvalue weighted by Gasteiger charge is 2.35. The van der Waals surface area contributed by atoms with Gasteiger partial charge in [0.2, 0.25) is 0 Å². The molecule has 3 nitrogen and oxygen atoms in total. The van der Waals surface area contributed by atoms with E-state index in [0.29, 0.717) is 6.10 Å². The summed E-state index contributed by atoms with van der Waals surface area (Å²) in [6.07, 6.45) is 5.83. The molecule has 0 radical (unpaired) electrons. The lowest BCUT2D eigenvalue weighted by atomic mass is 10.1. The molecule has 1 heterocycles. The summed E-state index contributed by atoms with van der Waals surface area (Å²) in [5, 5.41) is 3.39. The summed E-state index contributed by atoms with van der Waals surface area (Å²) in [5.74, 6) is 0. The van der Waals surface area contributed by atoms with Crippen LogP contribution >= 0.6 is 0 Å². The summed E-state index contributed by atoms with van der Waals surface area (Å²) in [4.78, 5) is 2.65. The highest BCUT2D eigenvalue weighted by atomic mass is 16.5. The van der Waals surface area contributed by atoms with Gasteiger partial charge in [0.05, 0.1) is 12.7 Å². The summed E-state index contributed by atoms with van der Waals surface area (Å²) >= 11 is 0. The maximum Gasteiger partial charge on any atom is 0.0730 e. The fourth-order valence-corrected chi connectivity index (χ4v) is 2.87. The van der Waals surface area contributed by atoms with E-state index in [-0.39, 0.29) is 0 Å². The zero-order chi connectivity index (χ0) is 10.5. The molecular weight excluding hydrogens is 188 g/mol. The van der Waals surface area contributed by atoms with Gasteiger partial charge in [-0.15, -0.1) is 0 Å². The summed E-state index contributed by atoms with van der Waals surface area (Å²) in [5.41, 5.74) is 0. The van der Waals surface area contributed by atoms with Crippen molar-refractivity contribution in [1.29, 1.82) is 0 Å². The summed E-state index contributed by atoms with van der Waals surface area (Å²) in [6, 6.07) is 0.736. The van der Waals surface area contributed by atoms with E-state index in [2.05, 4.69) is 17.1 Å². The Morgan fingerprint density at radius 3 is 3.20 bits per heavy atom. The van der Waals surface area contributed by atoms with Crippen molar-refractivity contribution in [2.45, 2.75) is 44.8 Å². The molecule has 2 aliphatic rings. The Balaban J connectivity index is 1.71. The lowest BCUT2D eigenvalue weighted by Crippen LogP contribution is -2.49. The molecule has 15 heavy (non-hydrogen) atoms. The van der Waals surface area contributed by atoms with Crippen LogP contribution in [0.1, 0.15) is 32.6 Å². The normalized spacial score (nSPS) is 31.8. The molecule has 0 aromatic carbocycles. The van der Waals surface area contributed by atoms with Crippen molar-refractivity contribution in [3.63, 3.8) is 0 Å². The molecule has 0 bridgehead atoms. The van der Waals surface area contributed by atoms with Crippen molar-refractivity contribution < 1.29 is 4.74 Å². The van der Waals surface area contributed by atoms with E-state index in [1.54, 1.807) is 0 Å². The van der Waals surface area contributed by atoms with Gasteiger partial charge in [0.1, 0.15) is 0 Å². The molecule has 0 spiro atoms. The number of morpholine rings is 1. The molecule has 0 amide bonds. The Morgan fingerprint density at radius 1 is 1.40 bits per heavy atom. The van der Waals surface area contributed by atoms with Gasteiger partial charge in [0.25, 0.3) is 0 Å². The highest BCUT2D eigenvalue weighted by molar-refractivity contribution is 4.89. The zero-order valence-electron chi connectivity index (χ0n) is 9.87. The van der Waals surface area contributed by atoms with E-state index in [1.807, 2.05) is 0 Å². The second kappa shape index (κ2) is 5.83. The summed E-state index contributed by atoms with van der Waals surface area (Å²) in [7, 11) is 0. The topological polar surface area (TPSA) is 24.5 Å². The monoisotopic (exact) mass is 212 g/mol. The van der Waals surface area contributed by atoms with E-state index in [0.717, 1.165) is 32.3 Å². The second-order valence-electron chi connectivity index (χ2n) is 4.65. The van der Waals surface area contributed by atoms with E-state index >= 15 is 0 Å². The first-order chi connectivity index (χ1) is 7.42. The minimum absolute atomic E-state index is 0.554. The average molecular weight is 212 g/mol. The van der Waals surface area contributed by atoms with Crippen LogP contribution < -0.4 is 5.32 Å². The Kier molecular flexibility index (Phi) is 4.42. The third-order valence-corrected chi connectivity index (χ3v) is 3.65. The van der Waals surface area contributed by atoms with Crippen LogP contribution in [0.3, 0.4) is 0 Å². The third-order valence-electron chi connectivity index (χ3n) is 3.65. The Bertz CT molecular complexity index is 186. The number of nitrogens with one attached hydrogen (secondary N) is 1. The van der Waals surface area contributed by atoms with Gasteiger partial charge in [-0.25, -0.2) is 0 Å². The smallest absolute Gasteiger partial charge is 0.0730 e. The van der Waals surface area contributed by atoms with Crippen LogP contribution in [0.4, 0.5) is 0 Å². The number of hydrogen-bond acceptors (Lipinski definition) is 3. The highest BCUT2D eigenvalue weighted by Crippen LogP contribution is 2.29. The number of rotatable bonds is 5. The van der Waals surface area contributed by atoms with Crippen molar-refractivity contribution in [3.8, 4) is 0 Å². The molecule has 2 fully saturated rings. The Morgan fingerprint density at radius 2 is 2.33 bits per heavy atom. The van der Waals surface area contributed by atoms with Gasteiger partial charge in [-0.1, -0.05) is 6.92 Å². The number of ether oxygens (including phenoxy) is 1. The lowest BCUT2D eigenvalue weighted by molar-refractivity contribution is -0.0556. The Hall–Kier alpha value is -0.120. The molecule has 2 rings (SSSR count). The van der Waals surface area contributed by atoms with E-state index < -0.39 is 0 Å². The third kappa shape index (κ3) is 2.92. The van der Waals surface area contributed by atoms with Gasteiger partial charge in [-0.3, -0.25) is 4.90 Å². The number of fused-ring (bicyclic) bond motifs is 1. The predicted molar refractivity (Wildman–Crippen MR) is 62.1 cm³/mol. The maximum atomic E-state index is 5.80. The molecule has 3 heteroatoms. The van der Waals surface area contributed by atoms with Gasteiger partial charge < -0.3 is 10.1 Å². The maximum absolute atomic E-state index is 5.80. The number of hydrogen-bond donors (Lipinski definition) is 1. The van der Waals surface area contributed by atoms with E-state index in [1.165, 1.54) is 32.2 Å². The first kappa shape index (κ1) is 11.4. The quantitative estimate of drug-likeness (QED) is 0.694. The summed E-state index contributed by atoms with van der Waals surface area (Å²) in [6.45, 7) is 7.76. The first-order valence-corrected chi connectivity index (χ1v) is 6.48. The van der Waals surface area contributed by atoms with Crippen LogP contribution in [0.2, 0.25) is 0 Å². The van der Waals surface area contributed by atoms with Crippen molar-refractivity contribution in [2.24, 2.45) is 0 Å². The largest absolute Gasteiger partial charge is 0.375 e. The molecule has 1 N–H and O–H groups in total. The zero-order valence-corrected chi connectivity index (χ0v) is 9.87. The molecule has 1 aliphatic carbocycles. The Labute approximate surface area is 93.2 Å². The van der Waals surface area contributed by atoms with Crippen molar-refractivity contribution in [3.05, 3.63) is 0 Å². The van der Waals surface area contributed by atoms with Crippen molar-refractivity contribution in [2.75, 3.05) is 32.8 Å². The molecule has 2 unspecified atom stereocenters. The van der Waals surface area contributed by atoms with Gasteiger partial charge >= 0.3 is 0 Å². The fraction of sp³-hybridized carbons (Fsp3) is 1.00.